The normalized spacial score (nSPS) is 15.9. The van der Waals surface area contributed by atoms with Gasteiger partial charge >= 0.3 is 0 Å². The van der Waals surface area contributed by atoms with Gasteiger partial charge in [-0.3, -0.25) is 9.20 Å². The van der Waals surface area contributed by atoms with Crippen molar-refractivity contribution in [3.8, 4) is 0 Å². The number of nitrogens with one attached hydrogen (secondary N) is 1. The summed E-state index contributed by atoms with van der Waals surface area (Å²) in [5.41, 5.74) is 3.11. The second-order valence-corrected chi connectivity index (χ2v) is 9.99. The van der Waals surface area contributed by atoms with Gasteiger partial charge in [0.2, 0.25) is 0 Å². The zero-order valence-electron chi connectivity index (χ0n) is 18.8. The highest BCUT2D eigenvalue weighted by Gasteiger charge is 2.22. The number of hydrogen-bond donors (Lipinski definition) is 1. The highest BCUT2D eigenvalue weighted by molar-refractivity contribution is 8.04. The van der Waals surface area contributed by atoms with Crippen LogP contribution in [-0.2, 0) is 11.2 Å². The Balaban J connectivity index is 0.00000162. The Morgan fingerprint density at radius 3 is 2.71 bits per heavy atom. The van der Waals surface area contributed by atoms with E-state index in [1.165, 1.54) is 30.2 Å². The van der Waals surface area contributed by atoms with Crippen molar-refractivity contribution in [2.45, 2.75) is 30.7 Å². The number of nitrogens with zero attached hydrogens (tertiary/aromatic N) is 3. The molecule has 1 amide bonds. The van der Waals surface area contributed by atoms with Crippen LogP contribution in [-0.4, -0.2) is 46.4 Å². The van der Waals surface area contributed by atoms with Gasteiger partial charge in [-0.25, -0.2) is 4.98 Å². The van der Waals surface area contributed by atoms with Crippen LogP contribution in [0.4, 0.5) is 0 Å². The number of pyridine rings is 1. The molecule has 2 aromatic heterocycles. The number of benzene rings is 1. The monoisotopic (exact) mass is 538 g/mol. The number of rotatable bonds is 7. The molecule has 0 unspecified atom stereocenters. The van der Waals surface area contributed by atoms with Crippen molar-refractivity contribution < 1.29 is 4.79 Å². The van der Waals surface area contributed by atoms with Crippen LogP contribution >= 0.6 is 48.2 Å². The molecule has 2 aliphatic rings. The number of carbonyl (C=O) groups excluding carboxylic acids is 1. The lowest BCUT2D eigenvalue weighted by Crippen LogP contribution is -2.36. The molecule has 1 saturated heterocycles. The maximum atomic E-state index is 12.7. The minimum Gasteiger partial charge on any atom is -0.352 e. The van der Waals surface area contributed by atoms with Crippen molar-refractivity contribution in [3.63, 3.8) is 0 Å². The van der Waals surface area contributed by atoms with E-state index in [0.29, 0.717) is 5.92 Å². The predicted molar refractivity (Wildman–Crippen MR) is 145 cm³/mol. The molecule has 1 fully saturated rings. The van der Waals surface area contributed by atoms with Gasteiger partial charge in [-0.2, -0.15) is 0 Å². The molecule has 1 N–H and O–H groups in total. The van der Waals surface area contributed by atoms with Crippen molar-refractivity contribution >= 4 is 65.8 Å². The second kappa shape index (κ2) is 12.3. The summed E-state index contributed by atoms with van der Waals surface area (Å²) >= 11 is 7.79. The van der Waals surface area contributed by atoms with Gasteiger partial charge in [0.1, 0.15) is 5.65 Å². The molecule has 3 aromatic rings. The molecule has 0 bridgehead atoms. The first kappa shape index (κ1) is 26.9. The minimum atomic E-state index is 0. The van der Waals surface area contributed by atoms with Crippen molar-refractivity contribution in [2.75, 3.05) is 26.2 Å². The summed E-state index contributed by atoms with van der Waals surface area (Å²) in [6.45, 7) is 4.03. The van der Waals surface area contributed by atoms with Crippen molar-refractivity contribution in [1.29, 1.82) is 0 Å². The van der Waals surface area contributed by atoms with Gasteiger partial charge in [0.15, 0.2) is 0 Å². The first-order valence-corrected chi connectivity index (χ1v) is 12.5. The third-order valence-electron chi connectivity index (χ3n) is 6.44. The standard InChI is InChI=1S/C25H27ClN4OS.2ClH/c26-21-5-2-1-4-19(21)11-15-29-13-9-18(10-14-29)8-12-27-25(31)22-16-20-17-28-23-6-3-7-24(32-22)30(20)23;;/h1-7,16-18H,8-15H2,(H,27,31);2*1H. The highest BCUT2D eigenvalue weighted by atomic mass is 35.5. The number of thioether (sulfide) groups is 1. The Hall–Kier alpha value is -1.70. The molecule has 1 aromatic carbocycles. The molecular weight excluding hydrogens is 511 g/mol. The lowest BCUT2D eigenvalue weighted by Gasteiger charge is -2.32. The summed E-state index contributed by atoms with van der Waals surface area (Å²) < 4.78 is 2.08. The number of aromatic nitrogens is 2. The molecular formula is C25H29Cl3N4OS. The van der Waals surface area contributed by atoms with Crippen LogP contribution < -0.4 is 5.32 Å². The molecule has 5 rings (SSSR count). The third kappa shape index (κ3) is 6.10. The summed E-state index contributed by atoms with van der Waals surface area (Å²) in [5.74, 6) is 0.687. The van der Waals surface area contributed by atoms with Crippen LogP contribution in [0.2, 0.25) is 5.02 Å². The van der Waals surface area contributed by atoms with Crippen LogP contribution in [0.25, 0.3) is 11.7 Å². The van der Waals surface area contributed by atoms with Gasteiger partial charge in [0, 0.05) is 18.1 Å². The second-order valence-electron chi connectivity index (χ2n) is 8.52. The Morgan fingerprint density at radius 1 is 1.12 bits per heavy atom. The predicted octanol–water partition coefficient (Wildman–Crippen LogP) is 5.74. The molecule has 9 heteroatoms. The van der Waals surface area contributed by atoms with E-state index in [1.54, 1.807) is 0 Å². The molecule has 4 heterocycles. The maximum absolute atomic E-state index is 12.7. The lowest BCUT2D eigenvalue weighted by molar-refractivity contribution is -0.116. The molecule has 0 radical (unpaired) electrons. The van der Waals surface area contributed by atoms with E-state index in [1.807, 2.05) is 42.6 Å². The van der Waals surface area contributed by atoms with Gasteiger partial charge in [0.25, 0.3) is 5.91 Å². The molecule has 182 valence electrons. The maximum Gasteiger partial charge on any atom is 0.258 e. The zero-order chi connectivity index (χ0) is 21.9. The van der Waals surface area contributed by atoms with Gasteiger partial charge in [-0.1, -0.05) is 47.6 Å². The van der Waals surface area contributed by atoms with Crippen molar-refractivity contribution in [2.24, 2.45) is 5.92 Å². The van der Waals surface area contributed by atoms with E-state index in [4.69, 9.17) is 11.6 Å². The molecule has 5 nitrogen and oxygen atoms in total. The number of carbonyl (C=O) groups is 1. The van der Waals surface area contributed by atoms with E-state index < -0.39 is 0 Å². The topological polar surface area (TPSA) is 49.6 Å². The first-order chi connectivity index (χ1) is 15.7. The molecule has 0 aliphatic carbocycles. The molecule has 0 atom stereocenters. The fraction of sp³-hybridized carbons (Fsp3) is 0.360. The number of imidazole rings is 1. The summed E-state index contributed by atoms with van der Waals surface area (Å²) in [6.07, 6.45) is 8.18. The number of amides is 1. The lowest BCUT2D eigenvalue weighted by atomic mass is 9.93. The van der Waals surface area contributed by atoms with Crippen molar-refractivity contribution in [1.82, 2.24) is 19.6 Å². The quantitative estimate of drug-likeness (QED) is 0.416. The molecule has 0 spiro atoms. The molecule has 2 aliphatic heterocycles. The third-order valence-corrected chi connectivity index (χ3v) is 7.86. The van der Waals surface area contributed by atoms with Gasteiger partial charge in [-0.05, 0) is 74.5 Å². The first-order valence-electron chi connectivity index (χ1n) is 11.3. The summed E-state index contributed by atoms with van der Waals surface area (Å²) in [7, 11) is 0. The van der Waals surface area contributed by atoms with E-state index >= 15 is 0 Å². The number of halogens is 3. The van der Waals surface area contributed by atoms with Gasteiger partial charge in [0.05, 0.1) is 21.8 Å². The van der Waals surface area contributed by atoms with Gasteiger partial charge in [-0.15, -0.1) is 24.8 Å². The summed E-state index contributed by atoms with van der Waals surface area (Å²) in [6, 6.07) is 14.1. The fourth-order valence-electron chi connectivity index (χ4n) is 4.55. The van der Waals surface area contributed by atoms with Crippen LogP contribution in [0.1, 0.15) is 30.5 Å². The minimum absolute atomic E-state index is 0. The number of likely N-dealkylation sites (tertiary alicyclic amines) is 1. The molecule has 34 heavy (non-hydrogen) atoms. The number of piperidine rings is 1. The Bertz CT molecular complexity index is 1160. The van der Waals surface area contributed by atoms with E-state index in [0.717, 1.165) is 65.3 Å². The largest absolute Gasteiger partial charge is 0.352 e. The van der Waals surface area contributed by atoms with E-state index in [2.05, 4.69) is 31.7 Å². The molecule has 0 saturated carbocycles. The van der Waals surface area contributed by atoms with Crippen LogP contribution in [0.3, 0.4) is 0 Å². The smallest absolute Gasteiger partial charge is 0.258 e. The van der Waals surface area contributed by atoms with E-state index in [9.17, 15) is 4.79 Å². The fourth-order valence-corrected chi connectivity index (χ4v) is 5.79. The Morgan fingerprint density at radius 2 is 1.91 bits per heavy atom. The Kier molecular flexibility index (Phi) is 9.74. The van der Waals surface area contributed by atoms with Gasteiger partial charge < -0.3 is 10.2 Å². The highest BCUT2D eigenvalue weighted by Crippen LogP contribution is 2.34. The number of hydrogen-bond acceptors (Lipinski definition) is 4. The van der Waals surface area contributed by atoms with Crippen molar-refractivity contribution in [3.05, 3.63) is 69.8 Å². The summed E-state index contributed by atoms with van der Waals surface area (Å²) in [5, 5.41) is 5.03. The average molecular weight is 540 g/mol. The van der Waals surface area contributed by atoms with Crippen LogP contribution in [0.15, 0.2) is 58.6 Å². The zero-order valence-corrected chi connectivity index (χ0v) is 22.0. The SMILES string of the molecule is Cl.Cl.O=C(NCCC1CCN(CCc2ccccc2Cl)CC1)C1=Cc2cnc3cccc(n23)S1. The summed E-state index contributed by atoms with van der Waals surface area (Å²) in [4.78, 5) is 20.4. The Labute approximate surface area is 222 Å². The van der Waals surface area contributed by atoms with E-state index in [-0.39, 0.29) is 30.7 Å². The average Bonchev–Trinajstić information content (AvgIpc) is 3.24. The van der Waals surface area contributed by atoms with Crippen LogP contribution in [0.5, 0.6) is 0 Å². The van der Waals surface area contributed by atoms with Crippen LogP contribution in [0, 0.1) is 5.92 Å².